The van der Waals surface area contributed by atoms with Gasteiger partial charge in [0.05, 0.1) is 0 Å². The van der Waals surface area contributed by atoms with E-state index < -0.39 is 0 Å². The molecule has 1 heterocycles. The molecular weight excluding hydrogens is 208 g/mol. The van der Waals surface area contributed by atoms with Gasteiger partial charge < -0.3 is 10.2 Å². The van der Waals surface area contributed by atoms with E-state index in [0.717, 1.165) is 17.9 Å². The smallest absolute Gasteiger partial charge is 0.00683 e. The van der Waals surface area contributed by atoms with E-state index in [1.807, 2.05) is 0 Å². The van der Waals surface area contributed by atoms with Gasteiger partial charge >= 0.3 is 0 Å². The Hall–Kier alpha value is -0.0800. The summed E-state index contributed by atoms with van der Waals surface area (Å²) in [6, 6.07) is 0.891. The maximum Gasteiger partial charge on any atom is 0.00683 e. The van der Waals surface area contributed by atoms with Gasteiger partial charge in [0.2, 0.25) is 0 Å². The van der Waals surface area contributed by atoms with Gasteiger partial charge in [-0.1, -0.05) is 19.3 Å². The van der Waals surface area contributed by atoms with Crippen molar-refractivity contribution in [2.24, 2.45) is 11.8 Å². The van der Waals surface area contributed by atoms with Crippen molar-refractivity contribution in [2.75, 3.05) is 26.2 Å². The number of nitrogens with zero attached hydrogens (tertiary/aromatic N) is 1. The summed E-state index contributed by atoms with van der Waals surface area (Å²) in [5, 5.41) is 3.70. The highest BCUT2D eigenvalue weighted by atomic mass is 15.2. The summed E-state index contributed by atoms with van der Waals surface area (Å²) in [6.07, 6.45) is 11.8. The van der Waals surface area contributed by atoms with E-state index in [-0.39, 0.29) is 0 Å². The SMILES string of the molecule is C1CCC(CN2CCC(CNC3CC3)C2)CC1. The number of rotatable bonds is 5. The Kier molecular flexibility index (Phi) is 4.02. The van der Waals surface area contributed by atoms with Crippen molar-refractivity contribution in [1.82, 2.24) is 10.2 Å². The van der Waals surface area contributed by atoms with Crippen LogP contribution in [0.2, 0.25) is 0 Å². The largest absolute Gasteiger partial charge is 0.314 e. The molecule has 2 aliphatic carbocycles. The van der Waals surface area contributed by atoms with Crippen LogP contribution in [0.3, 0.4) is 0 Å². The molecule has 3 rings (SSSR count). The first-order chi connectivity index (χ1) is 8.40. The molecule has 3 fully saturated rings. The molecule has 0 aromatic carbocycles. The molecule has 1 N–H and O–H groups in total. The Morgan fingerprint density at radius 3 is 2.47 bits per heavy atom. The number of likely N-dealkylation sites (tertiary alicyclic amines) is 1. The maximum atomic E-state index is 3.70. The van der Waals surface area contributed by atoms with Crippen LogP contribution in [0.4, 0.5) is 0 Å². The van der Waals surface area contributed by atoms with Crippen molar-refractivity contribution in [1.29, 1.82) is 0 Å². The van der Waals surface area contributed by atoms with Crippen molar-refractivity contribution in [3.05, 3.63) is 0 Å². The second kappa shape index (κ2) is 5.71. The molecule has 0 aromatic rings. The molecule has 17 heavy (non-hydrogen) atoms. The summed E-state index contributed by atoms with van der Waals surface area (Å²) in [5.74, 6) is 1.97. The highest BCUT2D eigenvalue weighted by Gasteiger charge is 2.27. The molecule has 1 saturated heterocycles. The Labute approximate surface area is 106 Å². The molecule has 0 amide bonds. The first-order valence-electron chi connectivity index (χ1n) is 7.86. The summed E-state index contributed by atoms with van der Waals surface area (Å²) < 4.78 is 0. The third kappa shape index (κ3) is 3.69. The lowest BCUT2D eigenvalue weighted by Gasteiger charge is -2.26. The fourth-order valence-corrected chi connectivity index (χ4v) is 3.60. The van der Waals surface area contributed by atoms with Gasteiger partial charge in [0.1, 0.15) is 0 Å². The summed E-state index contributed by atoms with van der Waals surface area (Å²) in [7, 11) is 0. The Bertz CT molecular complexity index is 231. The van der Waals surface area contributed by atoms with Crippen molar-refractivity contribution >= 4 is 0 Å². The molecule has 1 unspecified atom stereocenters. The van der Waals surface area contributed by atoms with Crippen LogP contribution in [0.25, 0.3) is 0 Å². The maximum absolute atomic E-state index is 3.70. The van der Waals surface area contributed by atoms with Gasteiger partial charge in [0, 0.05) is 19.1 Å². The average molecular weight is 236 g/mol. The number of hydrogen-bond donors (Lipinski definition) is 1. The molecule has 0 bridgehead atoms. The van der Waals surface area contributed by atoms with Crippen LogP contribution in [-0.2, 0) is 0 Å². The molecule has 2 nitrogen and oxygen atoms in total. The van der Waals surface area contributed by atoms with Gasteiger partial charge in [-0.05, 0) is 57.0 Å². The summed E-state index contributed by atoms with van der Waals surface area (Å²) in [5.41, 5.74) is 0. The lowest BCUT2D eigenvalue weighted by atomic mass is 9.89. The van der Waals surface area contributed by atoms with Gasteiger partial charge in [-0.15, -0.1) is 0 Å². The van der Waals surface area contributed by atoms with Crippen LogP contribution in [0.1, 0.15) is 51.4 Å². The van der Waals surface area contributed by atoms with Crippen molar-refractivity contribution in [3.8, 4) is 0 Å². The van der Waals surface area contributed by atoms with Gasteiger partial charge in [-0.3, -0.25) is 0 Å². The zero-order valence-corrected chi connectivity index (χ0v) is 11.2. The van der Waals surface area contributed by atoms with E-state index in [2.05, 4.69) is 10.2 Å². The van der Waals surface area contributed by atoms with Crippen LogP contribution in [0, 0.1) is 11.8 Å². The first-order valence-corrected chi connectivity index (χ1v) is 7.86. The third-order valence-corrected chi connectivity index (χ3v) is 4.88. The Balaban J connectivity index is 1.34. The minimum atomic E-state index is 0.891. The highest BCUT2D eigenvalue weighted by molar-refractivity contribution is 4.85. The Morgan fingerprint density at radius 2 is 1.71 bits per heavy atom. The van der Waals surface area contributed by atoms with Crippen LogP contribution < -0.4 is 5.32 Å². The average Bonchev–Trinajstić information content (AvgIpc) is 3.09. The first kappa shape index (κ1) is 12.0. The van der Waals surface area contributed by atoms with E-state index >= 15 is 0 Å². The van der Waals surface area contributed by atoms with E-state index in [1.165, 1.54) is 77.5 Å². The molecular formula is C15H28N2. The molecule has 0 spiro atoms. The molecule has 0 aromatic heterocycles. The van der Waals surface area contributed by atoms with Crippen molar-refractivity contribution in [3.63, 3.8) is 0 Å². The molecule has 3 aliphatic rings. The zero-order chi connectivity index (χ0) is 11.5. The quantitative estimate of drug-likeness (QED) is 0.789. The van der Waals surface area contributed by atoms with Crippen LogP contribution in [0.15, 0.2) is 0 Å². The lowest BCUT2D eigenvalue weighted by Crippen LogP contribution is -2.31. The molecule has 2 saturated carbocycles. The van der Waals surface area contributed by atoms with E-state index in [0.29, 0.717) is 0 Å². The predicted molar refractivity (Wildman–Crippen MR) is 72.1 cm³/mol. The molecule has 0 radical (unpaired) electrons. The Morgan fingerprint density at radius 1 is 0.882 bits per heavy atom. The summed E-state index contributed by atoms with van der Waals surface area (Å²) >= 11 is 0. The number of nitrogens with one attached hydrogen (secondary N) is 1. The van der Waals surface area contributed by atoms with Crippen LogP contribution >= 0.6 is 0 Å². The second-order valence-corrected chi connectivity index (χ2v) is 6.60. The summed E-state index contributed by atoms with van der Waals surface area (Å²) in [6.45, 7) is 5.43. The van der Waals surface area contributed by atoms with Gasteiger partial charge in [-0.2, -0.15) is 0 Å². The lowest BCUT2D eigenvalue weighted by molar-refractivity contribution is 0.227. The van der Waals surface area contributed by atoms with Gasteiger partial charge in [-0.25, -0.2) is 0 Å². The molecule has 98 valence electrons. The third-order valence-electron chi connectivity index (χ3n) is 4.88. The van der Waals surface area contributed by atoms with E-state index in [9.17, 15) is 0 Å². The predicted octanol–water partition coefficient (Wildman–Crippen LogP) is 2.64. The fraction of sp³-hybridized carbons (Fsp3) is 1.00. The van der Waals surface area contributed by atoms with Crippen LogP contribution in [0.5, 0.6) is 0 Å². The van der Waals surface area contributed by atoms with Crippen molar-refractivity contribution < 1.29 is 0 Å². The van der Waals surface area contributed by atoms with E-state index in [4.69, 9.17) is 0 Å². The highest BCUT2D eigenvalue weighted by Crippen LogP contribution is 2.27. The summed E-state index contributed by atoms with van der Waals surface area (Å²) in [4.78, 5) is 2.75. The minimum absolute atomic E-state index is 0.891. The van der Waals surface area contributed by atoms with Crippen molar-refractivity contribution in [2.45, 2.75) is 57.4 Å². The molecule has 1 atom stereocenters. The number of hydrogen-bond acceptors (Lipinski definition) is 2. The van der Waals surface area contributed by atoms with Crippen LogP contribution in [-0.4, -0.2) is 37.1 Å². The van der Waals surface area contributed by atoms with E-state index in [1.54, 1.807) is 0 Å². The zero-order valence-electron chi connectivity index (χ0n) is 11.2. The normalized spacial score (nSPS) is 32.1. The standard InChI is InChI=1S/C15H28N2/c1-2-4-13(5-3-1)11-17-9-8-14(12-17)10-16-15-6-7-15/h13-16H,1-12H2. The fourth-order valence-electron chi connectivity index (χ4n) is 3.60. The van der Waals surface area contributed by atoms with Gasteiger partial charge in [0.15, 0.2) is 0 Å². The monoisotopic (exact) mass is 236 g/mol. The topological polar surface area (TPSA) is 15.3 Å². The minimum Gasteiger partial charge on any atom is -0.314 e. The van der Waals surface area contributed by atoms with Gasteiger partial charge in [0.25, 0.3) is 0 Å². The molecule has 2 heteroatoms. The molecule has 1 aliphatic heterocycles. The second-order valence-electron chi connectivity index (χ2n) is 6.60.